The highest BCUT2D eigenvalue weighted by molar-refractivity contribution is 5.83. The molecule has 2 rings (SSSR count). The number of carbonyl (C=O) groups excluding carboxylic acids is 1. The second-order valence-corrected chi connectivity index (χ2v) is 4.82. The van der Waals surface area contributed by atoms with Crippen LogP contribution in [0.5, 0.6) is 0 Å². The lowest BCUT2D eigenvalue weighted by atomic mass is 10.1. The van der Waals surface area contributed by atoms with Gasteiger partial charge in [-0.3, -0.25) is 4.79 Å². The van der Waals surface area contributed by atoms with E-state index in [1.165, 1.54) is 0 Å². The van der Waals surface area contributed by atoms with Crippen LogP contribution in [-0.2, 0) is 4.79 Å². The van der Waals surface area contributed by atoms with Crippen LogP contribution in [0.2, 0.25) is 0 Å². The number of hydrogen-bond donors (Lipinski definition) is 2. The number of benzene rings is 1. The van der Waals surface area contributed by atoms with Gasteiger partial charge in [-0.15, -0.1) is 0 Å². The van der Waals surface area contributed by atoms with Crippen LogP contribution < -0.4 is 10.6 Å². The van der Waals surface area contributed by atoms with Gasteiger partial charge in [0.2, 0.25) is 5.91 Å². The van der Waals surface area contributed by atoms with Crippen molar-refractivity contribution in [1.82, 2.24) is 10.3 Å². The summed E-state index contributed by atoms with van der Waals surface area (Å²) in [5.74, 6) is 0.568. The minimum Gasteiger partial charge on any atom is -0.367 e. The Morgan fingerprint density at radius 2 is 2.14 bits per heavy atom. The van der Waals surface area contributed by atoms with Crippen LogP contribution in [0.3, 0.4) is 0 Å². The number of rotatable bonds is 5. The van der Waals surface area contributed by atoms with E-state index in [-0.39, 0.29) is 5.91 Å². The maximum atomic E-state index is 11.1. The van der Waals surface area contributed by atoms with E-state index in [4.69, 9.17) is 0 Å². The predicted octanol–water partition coefficient (Wildman–Crippen LogP) is 2.35. The lowest BCUT2D eigenvalue weighted by Crippen LogP contribution is -2.28. The number of nitrogens with zero attached hydrogens (tertiary/aromatic N) is 2. The Morgan fingerprint density at radius 1 is 1.33 bits per heavy atom. The Labute approximate surface area is 124 Å². The van der Waals surface area contributed by atoms with Crippen LogP contribution in [-0.4, -0.2) is 24.0 Å². The average Bonchev–Trinajstić information content (AvgIpc) is 2.50. The van der Waals surface area contributed by atoms with Gasteiger partial charge in [-0.1, -0.05) is 18.6 Å². The maximum absolute atomic E-state index is 11.1. The molecule has 0 atom stereocenters. The molecule has 0 spiro atoms. The Kier molecular flexibility index (Phi) is 4.72. The first-order chi connectivity index (χ1) is 10.1. The van der Waals surface area contributed by atoms with Crippen LogP contribution in [0.4, 0.5) is 5.82 Å². The number of fused-ring (bicyclic) bond motifs is 1. The summed E-state index contributed by atoms with van der Waals surface area (Å²) in [7, 11) is 0. The number of aryl methyl sites for hydroxylation is 1. The third-order valence-corrected chi connectivity index (χ3v) is 3.15. The molecular formula is C16H18N4O. The number of carbonyl (C=O) groups is 1. The van der Waals surface area contributed by atoms with Gasteiger partial charge in [0.1, 0.15) is 11.9 Å². The van der Waals surface area contributed by atoms with Crippen LogP contribution in [0.25, 0.3) is 10.9 Å². The predicted molar refractivity (Wildman–Crippen MR) is 83.0 cm³/mol. The topological polar surface area (TPSA) is 77.8 Å². The number of hydrogen-bond acceptors (Lipinski definition) is 4. The fraction of sp³-hybridized carbons (Fsp3) is 0.312. The summed E-state index contributed by atoms with van der Waals surface area (Å²) in [4.78, 5) is 15.6. The third kappa shape index (κ3) is 3.69. The minimum atomic E-state index is 0.0132. The van der Waals surface area contributed by atoms with E-state index < -0.39 is 0 Å². The Morgan fingerprint density at radius 3 is 2.86 bits per heavy atom. The molecule has 0 aliphatic heterocycles. The zero-order valence-electron chi connectivity index (χ0n) is 12.2. The number of anilines is 1. The highest BCUT2D eigenvalue weighted by Crippen LogP contribution is 2.20. The summed E-state index contributed by atoms with van der Waals surface area (Å²) in [5.41, 5.74) is 2.49. The summed E-state index contributed by atoms with van der Waals surface area (Å²) in [6.07, 6.45) is 0.469. The molecule has 108 valence electrons. The quantitative estimate of drug-likeness (QED) is 0.825. The first kappa shape index (κ1) is 14.8. The molecular weight excluding hydrogens is 264 g/mol. The van der Waals surface area contributed by atoms with E-state index in [1.807, 2.05) is 38.1 Å². The third-order valence-electron chi connectivity index (χ3n) is 3.15. The van der Waals surface area contributed by atoms with Crippen LogP contribution >= 0.6 is 0 Å². The average molecular weight is 282 g/mol. The molecule has 0 aliphatic carbocycles. The molecule has 0 aliphatic rings. The van der Waals surface area contributed by atoms with Gasteiger partial charge in [0, 0.05) is 24.9 Å². The molecule has 0 radical (unpaired) electrons. The van der Waals surface area contributed by atoms with E-state index in [0.717, 1.165) is 16.5 Å². The Hall–Kier alpha value is -2.61. The fourth-order valence-electron chi connectivity index (χ4n) is 2.02. The Bertz CT molecular complexity index is 703. The molecule has 1 heterocycles. The molecule has 1 aromatic heterocycles. The molecule has 21 heavy (non-hydrogen) atoms. The van der Waals surface area contributed by atoms with Crippen molar-refractivity contribution in [2.24, 2.45) is 0 Å². The molecule has 0 unspecified atom stereocenters. The van der Waals surface area contributed by atoms with Gasteiger partial charge in [0.05, 0.1) is 11.1 Å². The van der Waals surface area contributed by atoms with Crippen molar-refractivity contribution < 1.29 is 4.79 Å². The van der Waals surface area contributed by atoms with Crippen molar-refractivity contribution in [2.45, 2.75) is 20.3 Å². The van der Waals surface area contributed by atoms with E-state index in [9.17, 15) is 10.1 Å². The molecule has 0 fully saturated rings. The van der Waals surface area contributed by atoms with Gasteiger partial charge in [-0.2, -0.15) is 5.26 Å². The number of amides is 1. The zero-order valence-corrected chi connectivity index (χ0v) is 12.2. The minimum absolute atomic E-state index is 0.0132. The van der Waals surface area contributed by atoms with Gasteiger partial charge >= 0.3 is 0 Å². The molecule has 5 heteroatoms. The second kappa shape index (κ2) is 6.71. The summed E-state index contributed by atoms with van der Waals surface area (Å²) in [6.45, 7) is 4.85. The van der Waals surface area contributed by atoms with Gasteiger partial charge in [0.25, 0.3) is 0 Å². The monoisotopic (exact) mass is 282 g/mol. The standard InChI is InChI=1S/C16H18N4O/c1-3-15(21)18-6-7-19-16-13(10-17)9-12-8-11(2)4-5-14(12)20-16/h4-5,8-9H,3,6-7H2,1-2H3,(H,18,21)(H,19,20). The maximum Gasteiger partial charge on any atom is 0.219 e. The number of nitriles is 1. The molecule has 0 bridgehead atoms. The van der Waals surface area contributed by atoms with Gasteiger partial charge in [-0.05, 0) is 25.1 Å². The molecule has 0 saturated heterocycles. The summed E-state index contributed by atoms with van der Waals surface area (Å²) < 4.78 is 0. The molecule has 2 N–H and O–H groups in total. The van der Waals surface area contributed by atoms with Crippen LogP contribution in [0.15, 0.2) is 24.3 Å². The van der Waals surface area contributed by atoms with Crippen molar-refractivity contribution in [1.29, 1.82) is 5.26 Å². The van der Waals surface area contributed by atoms with Gasteiger partial charge < -0.3 is 10.6 Å². The highest BCUT2D eigenvalue weighted by atomic mass is 16.1. The molecule has 0 saturated carbocycles. The Balaban J connectivity index is 2.13. The van der Waals surface area contributed by atoms with E-state index >= 15 is 0 Å². The van der Waals surface area contributed by atoms with E-state index in [2.05, 4.69) is 21.7 Å². The van der Waals surface area contributed by atoms with Crippen molar-refractivity contribution >= 4 is 22.6 Å². The smallest absolute Gasteiger partial charge is 0.219 e. The molecule has 5 nitrogen and oxygen atoms in total. The number of aromatic nitrogens is 1. The summed E-state index contributed by atoms with van der Waals surface area (Å²) in [5, 5.41) is 16.1. The number of pyridine rings is 1. The van der Waals surface area contributed by atoms with Crippen molar-refractivity contribution in [3.05, 3.63) is 35.4 Å². The fourth-order valence-corrected chi connectivity index (χ4v) is 2.02. The van der Waals surface area contributed by atoms with Crippen molar-refractivity contribution in [3.63, 3.8) is 0 Å². The lowest BCUT2D eigenvalue weighted by Gasteiger charge is -2.09. The number of nitrogens with one attached hydrogen (secondary N) is 2. The van der Waals surface area contributed by atoms with Crippen LogP contribution in [0.1, 0.15) is 24.5 Å². The van der Waals surface area contributed by atoms with Gasteiger partial charge in [-0.25, -0.2) is 4.98 Å². The molecule has 2 aromatic rings. The molecule has 1 amide bonds. The first-order valence-electron chi connectivity index (χ1n) is 6.96. The lowest BCUT2D eigenvalue weighted by molar-refractivity contribution is -0.120. The molecule has 1 aromatic carbocycles. The first-order valence-corrected chi connectivity index (χ1v) is 6.96. The van der Waals surface area contributed by atoms with E-state index in [0.29, 0.717) is 30.9 Å². The van der Waals surface area contributed by atoms with Crippen molar-refractivity contribution in [3.8, 4) is 6.07 Å². The highest BCUT2D eigenvalue weighted by Gasteiger charge is 2.06. The van der Waals surface area contributed by atoms with Crippen LogP contribution in [0, 0.1) is 18.3 Å². The normalized spacial score (nSPS) is 10.1. The second-order valence-electron chi connectivity index (χ2n) is 4.82. The zero-order chi connectivity index (χ0) is 15.2. The van der Waals surface area contributed by atoms with E-state index in [1.54, 1.807) is 0 Å². The van der Waals surface area contributed by atoms with Gasteiger partial charge in [0.15, 0.2) is 0 Å². The SMILES string of the molecule is CCC(=O)NCCNc1nc2ccc(C)cc2cc1C#N. The largest absolute Gasteiger partial charge is 0.367 e. The summed E-state index contributed by atoms with van der Waals surface area (Å²) in [6, 6.07) is 9.93. The summed E-state index contributed by atoms with van der Waals surface area (Å²) >= 11 is 0. The van der Waals surface area contributed by atoms with Crippen molar-refractivity contribution in [2.75, 3.05) is 18.4 Å².